The van der Waals surface area contributed by atoms with Gasteiger partial charge in [0, 0.05) is 30.9 Å². The van der Waals surface area contributed by atoms with Crippen LogP contribution < -0.4 is 10.2 Å². The van der Waals surface area contributed by atoms with E-state index in [-0.39, 0.29) is 0 Å². The summed E-state index contributed by atoms with van der Waals surface area (Å²) in [6, 6.07) is 6.60. The Kier molecular flexibility index (Phi) is 3.87. The molecule has 0 spiro atoms. The number of nitrogens with zero attached hydrogens (tertiary/aromatic N) is 1. The molecular weight excluding hydrogens is 240 g/mol. The zero-order valence-electron chi connectivity index (χ0n) is 9.66. The number of rotatable bonds is 3. The van der Waals surface area contributed by atoms with Crippen molar-refractivity contribution in [1.29, 1.82) is 0 Å². The molecule has 1 unspecified atom stereocenters. The van der Waals surface area contributed by atoms with Gasteiger partial charge in [0.25, 0.3) is 0 Å². The summed E-state index contributed by atoms with van der Waals surface area (Å²) < 4.78 is 0. The molecule has 1 aromatic rings. The van der Waals surface area contributed by atoms with Crippen molar-refractivity contribution in [3.63, 3.8) is 0 Å². The van der Waals surface area contributed by atoms with Crippen LogP contribution in [0.25, 0.3) is 0 Å². The summed E-state index contributed by atoms with van der Waals surface area (Å²) in [5.74, 6) is 2.45. The van der Waals surface area contributed by atoms with Crippen LogP contribution in [0.1, 0.15) is 6.42 Å². The van der Waals surface area contributed by atoms with Gasteiger partial charge in [-0.25, -0.2) is 0 Å². The van der Waals surface area contributed by atoms with Crippen LogP contribution >= 0.6 is 23.4 Å². The summed E-state index contributed by atoms with van der Waals surface area (Å²) in [6.07, 6.45) is 1.24. The lowest BCUT2D eigenvalue weighted by molar-refractivity contribution is 0.812. The highest BCUT2D eigenvalue weighted by atomic mass is 35.5. The Hall–Kier alpha value is -0.540. The molecule has 2 nitrogen and oxygen atoms in total. The summed E-state index contributed by atoms with van der Waals surface area (Å²) >= 11 is 8.05. The molecule has 1 aliphatic rings. The Morgan fingerprint density at radius 3 is 2.88 bits per heavy atom. The molecule has 1 fully saturated rings. The lowest BCUT2D eigenvalue weighted by Crippen LogP contribution is -2.20. The van der Waals surface area contributed by atoms with E-state index in [4.69, 9.17) is 11.6 Å². The number of anilines is 2. The Balaban J connectivity index is 2.19. The normalized spacial score (nSPS) is 19.8. The Bertz CT molecular complexity index is 362. The first kappa shape index (κ1) is 11.9. The maximum Gasteiger partial charge on any atom is 0.0597 e. The standard InChI is InChI=1S/C12H17ClN2S/c1-15(2)12-4-3-9(13)7-11(12)14-10-5-6-16-8-10/h3-4,7,10,14H,5-6,8H2,1-2H3. The van der Waals surface area contributed by atoms with E-state index in [0.29, 0.717) is 6.04 Å². The van der Waals surface area contributed by atoms with Crippen LogP contribution in [0.15, 0.2) is 18.2 Å². The summed E-state index contributed by atoms with van der Waals surface area (Å²) in [5, 5.41) is 4.38. The van der Waals surface area contributed by atoms with Gasteiger partial charge in [-0.1, -0.05) is 11.6 Å². The van der Waals surface area contributed by atoms with E-state index in [0.717, 1.165) is 10.7 Å². The van der Waals surface area contributed by atoms with Gasteiger partial charge in [0.2, 0.25) is 0 Å². The van der Waals surface area contributed by atoms with Gasteiger partial charge in [-0.3, -0.25) is 0 Å². The van der Waals surface area contributed by atoms with Crippen molar-refractivity contribution in [2.75, 3.05) is 35.8 Å². The lowest BCUT2D eigenvalue weighted by atomic mass is 10.2. The summed E-state index contributed by atoms with van der Waals surface area (Å²) in [7, 11) is 4.11. The second-order valence-corrected chi connectivity index (χ2v) is 5.85. The predicted molar refractivity (Wildman–Crippen MR) is 75.1 cm³/mol. The minimum Gasteiger partial charge on any atom is -0.380 e. The van der Waals surface area contributed by atoms with Gasteiger partial charge < -0.3 is 10.2 Å². The molecule has 2 rings (SSSR count). The fourth-order valence-electron chi connectivity index (χ4n) is 1.88. The zero-order chi connectivity index (χ0) is 11.5. The van der Waals surface area contributed by atoms with Crippen LogP contribution in [0, 0.1) is 0 Å². The second-order valence-electron chi connectivity index (χ2n) is 4.26. The van der Waals surface area contributed by atoms with Crippen molar-refractivity contribution in [3.8, 4) is 0 Å². The molecule has 1 N–H and O–H groups in total. The number of nitrogens with one attached hydrogen (secondary N) is 1. The summed E-state index contributed by atoms with van der Waals surface area (Å²) in [6.45, 7) is 0. The molecule has 0 radical (unpaired) electrons. The molecule has 0 aromatic heterocycles. The average molecular weight is 257 g/mol. The average Bonchev–Trinajstić information content (AvgIpc) is 2.70. The van der Waals surface area contributed by atoms with Gasteiger partial charge in [-0.15, -0.1) is 0 Å². The molecule has 1 atom stereocenters. The van der Waals surface area contributed by atoms with Gasteiger partial charge in [0.05, 0.1) is 11.4 Å². The highest BCUT2D eigenvalue weighted by molar-refractivity contribution is 7.99. The number of benzene rings is 1. The Morgan fingerprint density at radius 2 is 2.25 bits per heavy atom. The predicted octanol–water partition coefficient (Wildman–Crippen LogP) is 3.32. The first-order valence-electron chi connectivity index (χ1n) is 5.48. The molecule has 1 heterocycles. The fraction of sp³-hybridized carbons (Fsp3) is 0.500. The topological polar surface area (TPSA) is 15.3 Å². The van der Waals surface area contributed by atoms with Crippen molar-refractivity contribution in [2.45, 2.75) is 12.5 Å². The number of hydrogen-bond donors (Lipinski definition) is 1. The first-order valence-corrected chi connectivity index (χ1v) is 7.01. The minimum absolute atomic E-state index is 0.585. The van der Waals surface area contributed by atoms with E-state index < -0.39 is 0 Å². The Labute approximate surface area is 106 Å². The molecule has 0 aliphatic carbocycles. The molecule has 88 valence electrons. The van der Waals surface area contributed by atoms with Crippen molar-refractivity contribution in [2.24, 2.45) is 0 Å². The van der Waals surface area contributed by atoms with Crippen molar-refractivity contribution in [1.82, 2.24) is 0 Å². The third-order valence-corrected chi connectivity index (χ3v) is 4.13. The van der Waals surface area contributed by atoms with Crippen LogP contribution in [0.3, 0.4) is 0 Å². The van der Waals surface area contributed by atoms with E-state index in [2.05, 4.69) is 30.4 Å². The van der Waals surface area contributed by atoms with Gasteiger partial charge in [-0.05, 0) is 30.4 Å². The van der Waals surface area contributed by atoms with Crippen molar-refractivity contribution < 1.29 is 0 Å². The molecular formula is C12H17ClN2S. The van der Waals surface area contributed by atoms with Crippen LogP contribution in [0.5, 0.6) is 0 Å². The Morgan fingerprint density at radius 1 is 1.44 bits per heavy atom. The SMILES string of the molecule is CN(C)c1ccc(Cl)cc1NC1CCSC1. The second kappa shape index (κ2) is 5.19. The molecule has 0 bridgehead atoms. The fourth-order valence-corrected chi connectivity index (χ4v) is 3.21. The van der Waals surface area contributed by atoms with Crippen molar-refractivity contribution >= 4 is 34.7 Å². The van der Waals surface area contributed by atoms with Crippen LogP contribution in [-0.2, 0) is 0 Å². The van der Waals surface area contributed by atoms with E-state index in [1.807, 2.05) is 23.9 Å². The third-order valence-electron chi connectivity index (χ3n) is 2.73. The monoisotopic (exact) mass is 256 g/mol. The van der Waals surface area contributed by atoms with Crippen LogP contribution in [0.4, 0.5) is 11.4 Å². The minimum atomic E-state index is 0.585. The summed E-state index contributed by atoms with van der Waals surface area (Å²) in [4.78, 5) is 2.11. The molecule has 16 heavy (non-hydrogen) atoms. The van der Waals surface area contributed by atoms with Crippen LogP contribution in [0.2, 0.25) is 5.02 Å². The van der Waals surface area contributed by atoms with Gasteiger partial charge in [-0.2, -0.15) is 11.8 Å². The first-order chi connectivity index (χ1) is 7.66. The quantitative estimate of drug-likeness (QED) is 0.893. The van der Waals surface area contributed by atoms with Crippen molar-refractivity contribution in [3.05, 3.63) is 23.2 Å². The molecule has 0 saturated carbocycles. The highest BCUT2D eigenvalue weighted by Crippen LogP contribution is 2.30. The van der Waals surface area contributed by atoms with Gasteiger partial charge in [0.1, 0.15) is 0 Å². The molecule has 0 amide bonds. The smallest absolute Gasteiger partial charge is 0.0597 e. The van der Waals surface area contributed by atoms with Gasteiger partial charge in [0.15, 0.2) is 0 Å². The largest absolute Gasteiger partial charge is 0.380 e. The summed E-state index contributed by atoms with van der Waals surface area (Å²) in [5.41, 5.74) is 2.34. The third kappa shape index (κ3) is 2.77. The van der Waals surface area contributed by atoms with E-state index in [1.54, 1.807) is 0 Å². The molecule has 1 aromatic carbocycles. The zero-order valence-corrected chi connectivity index (χ0v) is 11.2. The molecule has 4 heteroatoms. The molecule has 1 saturated heterocycles. The number of halogens is 1. The number of thioether (sulfide) groups is 1. The van der Waals surface area contributed by atoms with E-state index in [9.17, 15) is 0 Å². The lowest BCUT2D eigenvalue weighted by Gasteiger charge is -2.21. The van der Waals surface area contributed by atoms with E-state index >= 15 is 0 Å². The number of hydrogen-bond acceptors (Lipinski definition) is 3. The van der Waals surface area contributed by atoms with E-state index in [1.165, 1.54) is 23.6 Å². The highest BCUT2D eigenvalue weighted by Gasteiger charge is 2.16. The maximum absolute atomic E-state index is 6.04. The van der Waals surface area contributed by atoms with Crippen LogP contribution in [-0.4, -0.2) is 31.6 Å². The van der Waals surface area contributed by atoms with Gasteiger partial charge >= 0.3 is 0 Å². The molecule has 1 aliphatic heterocycles. The maximum atomic E-state index is 6.04.